The first kappa shape index (κ1) is 25.4. The van der Waals surface area contributed by atoms with Crippen LogP contribution in [0.15, 0.2) is 90.1 Å². The van der Waals surface area contributed by atoms with Gasteiger partial charge in [-0.05, 0) is 58.7 Å². The fourth-order valence-electron chi connectivity index (χ4n) is 4.00. The highest BCUT2D eigenvalue weighted by Crippen LogP contribution is 2.27. The van der Waals surface area contributed by atoms with Gasteiger partial charge in [-0.25, -0.2) is 23.1 Å². The Kier molecular flexibility index (Phi) is 7.62. The Balaban J connectivity index is 1.09. The van der Waals surface area contributed by atoms with Crippen molar-refractivity contribution in [3.63, 3.8) is 0 Å². The van der Waals surface area contributed by atoms with Crippen LogP contribution in [0.25, 0.3) is 0 Å². The molecule has 4 aromatic rings. The zero-order valence-corrected chi connectivity index (χ0v) is 21.4. The molecule has 0 unspecified atom stereocenters. The lowest BCUT2D eigenvalue weighted by Gasteiger charge is -2.10. The van der Waals surface area contributed by atoms with Crippen LogP contribution in [0.4, 0.5) is 5.95 Å². The topological polar surface area (TPSA) is 122 Å². The first-order chi connectivity index (χ1) is 18.5. The third-order valence-electron chi connectivity index (χ3n) is 6.15. The highest BCUT2D eigenvalue weighted by molar-refractivity contribution is 7.89. The zero-order chi connectivity index (χ0) is 26.4. The van der Waals surface area contributed by atoms with Gasteiger partial charge >= 0.3 is 0 Å². The maximum atomic E-state index is 12.7. The normalized spacial score (nSPS) is 12.4. The fourth-order valence-corrected chi connectivity index (χ4v) is 5.06. The van der Waals surface area contributed by atoms with Crippen LogP contribution in [0.2, 0.25) is 0 Å². The quantitative estimate of drug-likeness (QED) is 0.288. The summed E-state index contributed by atoms with van der Waals surface area (Å²) in [7, 11) is -3.64. The number of ether oxygens (including phenoxy) is 1. The maximum Gasteiger partial charge on any atom is 0.251 e. The number of nitrogens with one attached hydrogen (secondary N) is 3. The van der Waals surface area contributed by atoms with Crippen LogP contribution in [0.1, 0.15) is 32.6 Å². The molecule has 0 atom stereocenters. The van der Waals surface area contributed by atoms with Crippen molar-refractivity contribution in [1.82, 2.24) is 20.0 Å². The molecule has 1 aliphatic rings. The van der Waals surface area contributed by atoms with Crippen molar-refractivity contribution in [2.45, 2.75) is 31.0 Å². The van der Waals surface area contributed by atoms with Crippen LogP contribution in [-0.2, 0) is 36.1 Å². The molecule has 1 aromatic heterocycles. The molecular formula is C28H27N5O4S. The highest BCUT2D eigenvalue weighted by Gasteiger charge is 2.19. The van der Waals surface area contributed by atoms with Gasteiger partial charge < -0.3 is 15.4 Å². The molecule has 38 heavy (non-hydrogen) atoms. The summed E-state index contributed by atoms with van der Waals surface area (Å²) in [5.74, 6) is 1.12. The Bertz CT molecular complexity index is 1510. The van der Waals surface area contributed by atoms with E-state index in [0.717, 1.165) is 28.0 Å². The molecule has 2 heterocycles. The van der Waals surface area contributed by atoms with Crippen LogP contribution in [-0.4, -0.2) is 30.9 Å². The minimum atomic E-state index is -3.64. The number of nitrogens with zero attached hydrogens (tertiary/aromatic N) is 2. The Morgan fingerprint density at radius 3 is 2.24 bits per heavy atom. The molecule has 0 saturated heterocycles. The van der Waals surface area contributed by atoms with Gasteiger partial charge in [-0.15, -0.1) is 0 Å². The molecule has 10 heteroatoms. The molecule has 194 valence electrons. The van der Waals surface area contributed by atoms with E-state index in [1.807, 2.05) is 36.4 Å². The Hall–Kier alpha value is -4.28. The molecule has 3 aromatic carbocycles. The SMILES string of the molecule is O=C(NCc1ccc(CNS(=O)(=O)c2ccc3c(c2)CCO3)cc1)c1ccc(CNc2ncccn2)cc1. The summed E-state index contributed by atoms with van der Waals surface area (Å²) in [5.41, 5.74) is 4.20. The van der Waals surface area contributed by atoms with E-state index in [1.165, 1.54) is 0 Å². The number of anilines is 1. The van der Waals surface area contributed by atoms with E-state index in [4.69, 9.17) is 4.74 Å². The summed E-state index contributed by atoms with van der Waals surface area (Å²) in [5, 5.41) is 6.04. The minimum Gasteiger partial charge on any atom is -0.493 e. The molecule has 0 spiro atoms. The summed E-state index contributed by atoms with van der Waals surface area (Å²) in [6.07, 6.45) is 4.05. The summed E-state index contributed by atoms with van der Waals surface area (Å²) < 4.78 is 33.5. The molecule has 0 radical (unpaired) electrons. The largest absolute Gasteiger partial charge is 0.493 e. The fraction of sp³-hybridized carbons (Fsp3) is 0.179. The second-order valence-corrected chi connectivity index (χ2v) is 10.6. The molecule has 0 saturated carbocycles. The summed E-state index contributed by atoms with van der Waals surface area (Å²) in [6.45, 7) is 1.65. The number of fused-ring (bicyclic) bond motifs is 1. The van der Waals surface area contributed by atoms with Gasteiger partial charge in [0.2, 0.25) is 16.0 Å². The summed E-state index contributed by atoms with van der Waals surface area (Å²) >= 11 is 0. The zero-order valence-electron chi connectivity index (χ0n) is 20.6. The monoisotopic (exact) mass is 529 g/mol. The third-order valence-corrected chi connectivity index (χ3v) is 7.55. The lowest BCUT2D eigenvalue weighted by molar-refractivity contribution is 0.0951. The lowest BCUT2D eigenvalue weighted by atomic mass is 10.1. The van der Waals surface area contributed by atoms with E-state index < -0.39 is 10.0 Å². The van der Waals surface area contributed by atoms with Crippen molar-refractivity contribution in [2.24, 2.45) is 0 Å². The van der Waals surface area contributed by atoms with Crippen LogP contribution in [0.5, 0.6) is 5.75 Å². The summed E-state index contributed by atoms with van der Waals surface area (Å²) in [4.78, 5) is 21.0. The molecule has 1 aliphatic heterocycles. The number of amides is 1. The van der Waals surface area contributed by atoms with Gasteiger partial charge in [0, 0.05) is 44.0 Å². The second-order valence-electron chi connectivity index (χ2n) is 8.81. The van der Waals surface area contributed by atoms with E-state index in [-0.39, 0.29) is 17.3 Å². The van der Waals surface area contributed by atoms with E-state index in [0.29, 0.717) is 37.6 Å². The Morgan fingerprint density at radius 1 is 0.842 bits per heavy atom. The number of benzene rings is 3. The second kappa shape index (κ2) is 11.4. The van der Waals surface area contributed by atoms with Gasteiger partial charge in [-0.3, -0.25) is 4.79 Å². The molecule has 0 aliphatic carbocycles. The number of aromatic nitrogens is 2. The highest BCUT2D eigenvalue weighted by atomic mass is 32.2. The van der Waals surface area contributed by atoms with Gasteiger partial charge in [0.05, 0.1) is 11.5 Å². The van der Waals surface area contributed by atoms with Gasteiger partial charge in [0.1, 0.15) is 5.75 Å². The average molecular weight is 530 g/mol. The van der Waals surface area contributed by atoms with Crippen molar-refractivity contribution in [1.29, 1.82) is 0 Å². The number of carbonyl (C=O) groups excluding carboxylic acids is 1. The molecular weight excluding hydrogens is 502 g/mol. The minimum absolute atomic E-state index is 0.167. The van der Waals surface area contributed by atoms with Gasteiger partial charge in [0.25, 0.3) is 5.91 Å². The molecule has 0 bridgehead atoms. The molecule has 0 fully saturated rings. The lowest BCUT2D eigenvalue weighted by Crippen LogP contribution is -2.24. The van der Waals surface area contributed by atoms with E-state index >= 15 is 0 Å². The molecule has 3 N–H and O–H groups in total. The van der Waals surface area contributed by atoms with Crippen LogP contribution >= 0.6 is 0 Å². The van der Waals surface area contributed by atoms with Crippen molar-refractivity contribution >= 4 is 21.9 Å². The molecule has 1 amide bonds. The Labute approximate surface area is 221 Å². The van der Waals surface area contributed by atoms with E-state index in [9.17, 15) is 13.2 Å². The van der Waals surface area contributed by atoms with Gasteiger partial charge in [-0.2, -0.15) is 0 Å². The molecule has 9 nitrogen and oxygen atoms in total. The number of sulfonamides is 1. The average Bonchev–Trinajstić information content (AvgIpc) is 3.43. The summed E-state index contributed by atoms with van der Waals surface area (Å²) in [6, 6.07) is 21.4. The number of hydrogen-bond acceptors (Lipinski definition) is 7. The van der Waals surface area contributed by atoms with Crippen molar-refractivity contribution < 1.29 is 17.9 Å². The third kappa shape index (κ3) is 6.34. The van der Waals surface area contributed by atoms with Crippen molar-refractivity contribution in [2.75, 3.05) is 11.9 Å². The first-order valence-corrected chi connectivity index (χ1v) is 13.7. The van der Waals surface area contributed by atoms with Crippen molar-refractivity contribution in [3.05, 3.63) is 113 Å². The number of rotatable bonds is 10. The standard InChI is InChI=1S/C28H27N5O4S/c34-27(23-8-6-21(7-9-23)18-32-28-29-13-1-14-30-28)31-17-20-2-4-22(5-3-20)19-33-38(35,36)25-10-11-26-24(16-25)12-15-37-26/h1-11,13-14,16,33H,12,15,17-19H2,(H,31,34)(H,29,30,32). The maximum absolute atomic E-state index is 12.7. The van der Waals surface area contributed by atoms with Crippen LogP contribution in [0, 0.1) is 0 Å². The Morgan fingerprint density at radius 2 is 1.50 bits per heavy atom. The van der Waals surface area contributed by atoms with E-state index in [1.54, 1.807) is 48.8 Å². The number of carbonyl (C=O) groups is 1. The number of hydrogen-bond donors (Lipinski definition) is 3. The van der Waals surface area contributed by atoms with Crippen molar-refractivity contribution in [3.8, 4) is 5.75 Å². The smallest absolute Gasteiger partial charge is 0.251 e. The first-order valence-electron chi connectivity index (χ1n) is 12.2. The van der Waals surface area contributed by atoms with E-state index in [2.05, 4.69) is 25.3 Å². The van der Waals surface area contributed by atoms with Gasteiger partial charge in [-0.1, -0.05) is 36.4 Å². The van der Waals surface area contributed by atoms with Crippen LogP contribution < -0.4 is 20.1 Å². The van der Waals surface area contributed by atoms with Gasteiger partial charge in [0.15, 0.2) is 0 Å². The van der Waals surface area contributed by atoms with Crippen LogP contribution in [0.3, 0.4) is 0 Å². The predicted octanol–water partition coefficient (Wildman–Crippen LogP) is 3.43. The molecule has 5 rings (SSSR count). The predicted molar refractivity (Wildman–Crippen MR) is 143 cm³/mol.